The maximum absolute atomic E-state index is 5.58. The smallest absolute Gasteiger partial charge is 0.108 e. The van der Waals surface area contributed by atoms with Crippen molar-refractivity contribution in [3.8, 4) is 0 Å². The lowest BCUT2D eigenvalue weighted by Crippen LogP contribution is -2.24. The Morgan fingerprint density at radius 3 is 2.84 bits per heavy atom. The number of rotatable bonds is 7. The maximum Gasteiger partial charge on any atom is 0.108 e. The maximum atomic E-state index is 5.58. The lowest BCUT2D eigenvalue weighted by Gasteiger charge is -2.18. The van der Waals surface area contributed by atoms with E-state index >= 15 is 0 Å². The molecule has 2 aromatic rings. The molecule has 0 aliphatic heterocycles. The van der Waals surface area contributed by atoms with Crippen molar-refractivity contribution in [1.82, 2.24) is 5.32 Å². The van der Waals surface area contributed by atoms with Crippen molar-refractivity contribution in [2.45, 2.75) is 39.2 Å². The van der Waals surface area contributed by atoms with Crippen molar-refractivity contribution in [3.63, 3.8) is 0 Å². The summed E-state index contributed by atoms with van der Waals surface area (Å²) in [5.74, 6) is 1.10. The van der Waals surface area contributed by atoms with Crippen LogP contribution in [0.25, 0.3) is 0 Å². The van der Waals surface area contributed by atoms with Crippen LogP contribution in [0.1, 0.15) is 42.5 Å². The summed E-state index contributed by atoms with van der Waals surface area (Å²) < 4.78 is 6.79. The number of aryl methyl sites for hydroxylation is 1. The van der Waals surface area contributed by atoms with E-state index in [1.54, 1.807) is 17.6 Å². The van der Waals surface area contributed by atoms with Crippen molar-refractivity contribution >= 4 is 27.3 Å². The minimum atomic E-state index is 0.337. The summed E-state index contributed by atoms with van der Waals surface area (Å²) in [6.45, 7) is 5.36. The van der Waals surface area contributed by atoms with Crippen LogP contribution >= 0.6 is 27.3 Å². The van der Waals surface area contributed by atoms with Crippen LogP contribution in [0.4, 0.5) is 0 Å². The molecule has 2 nitrogen and oxygen atoms in total. The Morgan fingerprint density at radius 1 is 1.37 bits per heavy atom. The van der Waals surface area contributed by atoms with E-state index < -0.39 is 0 Å². The van der Waals surface area contributed by atoms with E-state index in [4.69, 9.17) is 4.42 Å². The first-order chi connectivity index (χ1) is 9.26. The van der Waals surface area contributed by atoms with Gasteiger partial charge in [-0.15, -0.1) is 11.3 Å². The third-order valence-electron chi connectivity index (χ3n) is 3.20. The lowest BCUT2D eigenvalue weighted by atomic mass is 10.0. The van der Waals surface area contributed by atoms with Gasteiger partial charge in [0.2, 0.25) is 0 Å². The second kappa shape index (κ2) is 7.27. The van der Waals surface area contributed by atoms with Crippen LogP contribution in [0.5, 0.6) is 0 Å². The third-order valence-corrected chi connectivity index (χ3v) is 5.15. The predicted molar refractivity (Wildman–Crippen MR) is 84.8 cm³/mol. The Balaban J connectivity index is 2.18. The third kappa shape index (κ3) is 3.71. The van der Waals surface area contributed by atoms with Gasteiger partial charge in [0, 0.05) is 33.8 Å². The van der Waals surface area contributed by atoms with Gasteiger partial charge in [0.15, 0.2) is 0 Å². The molecule has 4 heteroatoms. The average Bonchev–Trinajstić information content (AvgIpc) is 3.03. The highest BCUT2D eigenvalue weighted by Crippen LogP contribution is 2.30. The van der Waals surface area contributed by atoms with E-state index in [0.29, 0.717) is 6.04 Å². The number of thiophene rings is 1. The molecule has 0 saturated carbocycles. The number of hydrogen-bond donors (Lipinski definition) is 1. The number of furan rings is 1. The molecule has 104 valence electrons. The molecular formula is C15H20BrNOS. The van der Waals surface area contributed by atoms with Gasteiger partial charge in [0.1, 0.15) is 5.76 Å². The standard InChI is InChI=1S/C15H20BrNOS/c1-3-7-17-13(10-15-12(16)6-9-19-15)11-5-8-18-14(11)4-2/h5-6,8-9,13,17H,3-4,7,10H2,1-2H3. The fraction of sp³-hybridized carbons (Fsp3) is 0.467. The minimum absolute atomic E-state index is 0.337. The predicted octanol–water partition coefficient (Wildman–Crippen LogP) is 4.95. The van der Waals surface area contributed by atoms with Gasteiger partial charge in [-0.1, -0.05) is 13.8 Å². The van der Waals surface area contributed by atoms with Crippen LogP contribution in [-0.2, 0) is 12.8 Å². The Hall–Kier alpha value is -0.580. The fourth-order valence-corrected chi connectivity index (χ4v) is 3.78. The highest BCUT2D eigenvalue weighted by Gasteiger charge is 2.18. The number of halogens is 1. The van der Waals surface area contributed by atoms with E-state index in [2.05, 4.69) is 52.6 Å². The second-order valence-corrected chi connectivity index (χ2v) is 6.41. The molecule has 2 aromatic heterocycles. The Bertz CT molecular complexity index is 506. The van der Waals surface area contributed by atoms with Crippen molar-refractivity contribution < 1.29 is 4.42 Å². The van der Waals surface area contributed by atoms with Crippen LogP contribution in [0.2, 0.25) is 0 Å². The van der Waals surface area contributed by atoms with E-state index in [1.165, 1.54) is 14.9 Å². The summed E-state index contributed by atoms with van der Waals surface area (Å²) in [5, 5.41) is 5.77. The topological polar surface area (TPSA) is 25.2 Å². The highest BCUT2D eigenvalue weighted by molar-refractivity contribution is 9.10. The average molecular weight is 342 g/mol. The summed E-state index contributed by atoms with van der Waals surface area (Å²) in [5.41, 5.74) is 1.30. The minimum Gasteiger partial charge on any atom is -0.469 e. The molecule has 0 aliphatic rings. The SMILES string of the molecule is CCCNC(Cc1sccc1Br)c1ccoc1CC. The summed E-state index contributed by atoms with van der Waals surface area (Å²) >= 11 is 5.43. The monoisotopic (exact) mass is 341 g/mol. The van der Waals surface area contributed by atoms with Crippen LogP contribution < -0.4 is 5.32 Å². The molecule has 0 radical (unpaired) electrons. The summed E-state index contributed by atoms with van der Waals surface area (Å²) in [6, 6.07) is 4.56. The molecule has 0 aromatic carbocycles. The first kappa shape index (κ1) is 14.8. The van der Waals surface area contributed by atoms with Crippen LogP contribution in [0, 0.1) is 0 Å². The zero-order chi connectivity index (χ0) is 13.7. The Morgan fingerprint density at radius 2 is 2.21 bits per heavy atom. The van der Waals surface area contributed by atoms with E-state index in [9.17, 15) is 0 Å². The van der Waals surface area contributed by atoms with Gasteiger partial charge in [-0.25, -0.2) is 0 Å². The molecule has 0 aliphatic carbocycles. The first-order valence-corrected chi connectivity index (χ1v) is 8.45. The highest BCUT2D eigenvalue weighted by atomic mass is 79.9. The molecule has 1 N–H and O–H groups in total. The van der Waals surface area contributed by atoms with Crippen molar-refractivity contribution in [3.05, 3.63) is 44.4 Å². The van der Waals surface area contributed by atoms with Crippen molar-refractivity contribution in [1.29, 1.82) is 0 Å². The van der Waals surface area contributed by atoms with Crippen molar-refractivity contribution in [2.24, 2.45) is 0 Å². The summed E-state index contributed by atoms with van der Waals surface area (Å²) in [7, 11) is 0. The van der Waals surface area contributed by atoms with Gasteiger partial charge in [-0.2, -0.15) is 0 Å². The molecule has 0 saturated heterocycles. The lowest BCUT2D eigenvalue weighted by molar-refractivity contribution is 0.482. The van der Waals surface area contributed by atoms with E-state index in [0.717, 1.165) is 31.6 Å². The molecule has 0 bridgehead atoms. The van der Waals surface area contributed by atoms with Crippen LogP contribution in [0.15, 0.2) is 32.7 Å². The Labute approximate surface area is 127 Å². The van der Waals surface area contributed by atoms with Crippen molar-refractivity contribution in [2.75, 3.05) is 6.54 Å². The summed E-state index contributed by atoms with van der Waals surface area (Å²) in [6.07, 6.45) is 4.89. The van der Waals surface area contributed by atoms with Crippen LogP contribution in [-0.4, -0.2) is 6.54 Å². The summed E-state index contributed by atoms with van der Waals surface area (Å²) in [4.78, 5) is 1.39. The normalized spacial score (nSPS) is 12.8. The van der Waals surface area contributed by atoms with Gasteiger partial charge in [-0.05, 0) is 46.4 Å². The molecule has 1 unspecified atom stereocenters. The molecule has 1 atom stereocenters. The van der Waals surface area contributed by atoms with Gasteiger partial charge in [0.25, 0.3) is 0 Å². The molecule has 0 spiro atoms. The van der Waals surface area contributed by atoms with Gasteiger partial charge in [0.05, 0.1) is 6.26 Å². The largest absolute Gasteiger partial charge is 0.469 e. The molecule has 0 fully saturated rings. The molecule has 19 heavy (non-hydrogen) atoms. The number of nitrogens with one attached hydrogen (secondary N) is 1. The number of hydrogen-bond acceptors (Lipinski definition) is 3. The van der Waals surface area contributed by atoms with E-state index in [-0.39, 0.29) is 0 Å². The second-order valence-electron chi connectivity index (χ2n) is 4.56. The molecule has 2 rings (SSSR count). The van der Waals surface area contributed by atoms with Gasteiger partial charge >= 0.3 is 0 Å². The Kier molecular flexibility index (Phi) is 5.67. The van der Waals surface area contributed by atoms with Crippen LogP contribution in [0.3, 0.4) is 0 Å². The molecule has 0 amide bonds. The first-order valence-electron chi connectivity index (χ1n) is 6.77. The molecular weight excluding hydrogens is 322 g/mol. The quantitative estimate of drug-likeness (QED) is 0.770. The zero-order valence-electron chi connectivity index (χ0n) is 11.4. The van der Waals surface area contributed by atoms with E-state index in [1.807, 2.05) is 0 Å². The van der Waals surface area contributed by atoms with Gasteiger partial charge in [-0.3, -0.25) is 0 Å². The fourth-order valence-electron chi connectivity index (χ4n) is 2.22. The van der Waals surface area contributed by atoms with Gasteiger partial charge < -0.3 is 9.73 Å². The molecule has 2 heterocycles. The zero-order valence-corrected chi connectivity index (χ0v) is 13.8.